The molecular formula is C14H23N3. The predicted octanol–water partition coefficient (Wildman–Crippen LogP) is 2.75. The third kappa shape index (κ3) is 3.50. The van der Waals surface area contributed by atoms with E-state index in [1.807, 2.05) is 12.4 Å². The summed E-state index contributed by atoms with van der Waals surface area (Å²) in [6.07, 6.45) is 10.8. The van der Waals surface area contributed by atoms with Gasteiger partial charge in [0.2, 0.25) is 0 Å². The molecule has 1 aliphatic carbocycles. The molecule has 0 amide bonds. The third-order valence-corrected chi connectivity index (χ3v) is 3.66. The molecule has 0 aromatic carbocycles. The summed E-state index contributed by atoms with van der Waals surface area (Å²) >= 11 is 0. The zero-order chi connectivity index (χ0) is 12.1. The van der Waals surface area contributed by atoms with Crippen LogP contribution in [0.3, 0.4) is 0 Å². The monoisotopic (exact) mass is 233 g/mol. The maximum absolute atomic E-state index is 4.49. The van der Waals surface area contributed by atoms with Crippen LogP contribution in [0.1, 0.15) is 51.1 Å². The number of nitrogens with zero attached hydrogens (tertiary/aromatic N) is 2. The fourth-order valence-corrected chi connectivity index (χ4v) is 2.73. The Morgan fingerprint density at radius 1 is 1.29 bits per heavy atom. The highest BCUT2D eigenvalue weighted by Gasteiger charge is 2.27. The molecule has 2 unspecified atom stereocenters. The van der Waals surface area contributed by atoms with E-state index < -0.39 is 0 Å². The van der Waals surface area contributed by atoms with E-state index in [0.717, 1.165) is 12.5 Å². The summed E-state index contributed by atoms with van der Waals surface area (Å²) in [6, 6.07) is 0.569. The van der Waals surface area contributed by atoms with Gasteiger partial charge < -0.3 is 5.32 Å². The van der Waals surface area contributed by atoms with Crippen LogP contribution in [0.4, 0.5) is 0 Å². The van der Waals surface area contributed by atoms with Gasteiger partial charge in [-0.3, -0.25) is 9.97 Å². The first-order valence-corrected chi connectivity index (χ1v) is 6.76. The van der Waals surface area contributed by atoms with Gasteiger partial charge in [-0.2, -0.15) is 0 Å². The molecule has 17 heavy (non-hydrogen) atoms. The molecule has 0 saturated heterocycles. The first kappa shape index (κ1) is 12.5. The lowest BCUT2D eigenvalue weighted by atomic mass is 9.77. The van der Waals surface area contributed by atoms with Gasteiger partial charge in [0.1, 0.15) is 0 Å². The number of aromatic nitrogens is 2. The smallest absolute Gasteiger partial charge is 0.0620 e. The van der Waals surface area contributed by atoms with Crippen molar-refractivity contribution < 1.29 is 0 Å². The molecule has 0 aliphatic heterocycles. The minimum absolute atomic E-state index is 0.569. The standard InChI is InChI=1S/C14H23N3/c1-11(2)17-9-12-5-3-4-6-13(12)14-10-15-7-8-16-14/h7-8,10-13,17H,3-6,9H2,1-2H3. The Kier molecular flexibility index (Phi) is 4.49. The molecule has 1 aromatic rings. The Labute approximate surface area is 104 Å². The molecule has 1 N–H and O–H groups in total. The SMILES string of the molecule is CC(C)NCC1CCCCC1c1cnccn1. The molecule has 1 fully saturated rings. The molecule has 1 saturated carbocycles. The summed E-state index contributed by atoms with van der Waals surface area (Å²) in [5.74, 6) is 1.33. The normalized spacial score (nSPS) is 25.1. The Bertz CT molecular complexity index is 323. The lowest BCUT2D eigenvalue weighted by molar-refractivity contribution is 0.285. The summed E-state index contributed by atoms with van der Waals surface area (Å²) in [6.45, 7) is 5.53. The van der Waals surface area contributed by atoms with Crippen LogP contribution in [0.2, 0.25) is 0 Å². The number of rotatable bonds is 4. The van der Waals surface area contributed by atoms with E-state index in [-0.39, 0.29) is 0 Å². The highest BCUT2D eigenvalue weighted by atomic mass is 14.9. The lowest BCUT2D eigenvalue weighted by Gasteiger charge is -2.31. The van der Waals surface area contributed by atoms with Crippen molar-refractivity contribution in [1.82, 2.24) is 15.3 Å². The van der Waals surface area contributed by atoms with Crippen LogP contribution in [-0.2, 0) is 0 Å². The number of hydrogen-bond donors (Lipinski definition) is 1. The summed E-state index contributed by atoms with van der Waals surface area (Å²) in [5.41, 5.74) is 1.18. The fraction of sp³-hybridized carbons (Fsp3) is 0.714. The summed E-state index contributed by atoms with van der Waals surface area (Å²) in [7, 11) is 0. The minimum atomic E-state index is 0.569. The van der Waals surface area contributed by atoms with Crippen LogP contribution in [0, 0.1) is 5.92 Å². The van der Waals surface area contributed by atoms with Crippen molar-refractivity contribution in [2.75, 3.05) is 6.54 Å². The maximum Gasteiger partial charge on any atom is 0.0620 e. The summed E-state index contributed by atoms with van der Waals surface area (Å²) in [4.78, 5) is 8.70. The van der Waals surface area contributed by atoms with E-state index in [0.29, 0.717) is 12.0 Å². The second kappa shape index (κ2) is 6.10. The largest absolute Gasteiger partial charge is 0.314 e. The molecule has 94 valence electrons. The van der Waals surface area contributed by atoms with Gasteiger partial charge in [0.25, 0.3) is 0 Å². The van der Waals surface area contributed by atoms with Gasteiger partial charge in [-0.15, -0.1) is 0 Å². The predicted molar refractivity (Wildman–Crippen MR) is 69.9 cm³/mol. The quantitative estimate of drug-likeness (QED) is 0.869. The topological polar surface area (TPSA) is 37.8 Å². The Morgan fingerprint density at radius 3 is 2.82 bits per heavy atom. The second-order valence-corrected chi connectivity index (χ2v) is 5.34. The van der Waals surface area contributed by atoms with Crippen molar-refractivity contribution in [2.24, 2.45) is 5.92 Å². The molecule has 2 rings (SSSR count). The van der Waals surface area contributed by atoms with Crippen molar-refractivity contribution in [1.29, 1.82) is 0 Å². The lowest BCUT2D eigenvalue weighted by Crippen LogP contribution is -2.33. The van der Waals surface area contributed by atoms with Gasteiger partial charge in [-0.25, -0.2) is 0 Å². The van der Waals surface area contributed by atoms with Crippen LogP contribution in [0.15, 0.2) is 18.6 Å². The van der Waals surface area contributed by atoms with Gasteiger partial charge in [-0.1, -0.05) is 26.7 Å². The number of nitrogens with one attached hydrogen (secondary N) is 1. The molecule has 0 spiro atoms. The van der Waals surface area contributed by atoms with Gasteiger partial charge in [0, 0.05) is 30.6 Å². The van der Waals surface area contributed by atoms with Crippen molar-refractivity contribution in [3.63, 3.8) is 0 Å². The summed E-state index contributed by atoms with van der Waals surface area (Å²) in [5, 5.41) is 3.57. The van der Waals surface area contributed by atoms with Crippen molar-refractivity contribution in [3.05, 3.63) is 24.3 Å². The zero-order valence-corrected chi connectivity index (χ0v) is 10.9. The van der Waals surface area contributed by atoms with Crippen molar-refractivity contribution >= 4 is 0 Å². The first-order valence-electron chi connectivity index (χ1n) is 6.76. The van der Waals surface area contributed by atoms with Crippen molar-refractivity contribution in [3.8, 4) is 0 Å². The minimum Gasteiger partial charge on any atom is -0.314 e. The van der Waals surface area contributed by atoms with Crippen LogP contribution in [-0.4, -0.2) is 22.6 Å². The molecular weight excluding hydrogens is 210 g/mol. The first-order chi connectivity index (χ1) is 8.27. The highest BCUT2D eigenvalue weighted by molar-refractivity contribution is 5.07. The Morgan fingerprint density at radius 2 is 2.12 bits per heavy atom. The molecule has 1 aliphatic rings. The van der Waals surface area contributed by atoms with E-state index in [1.54, 1.807) is 6.20 Å². The molecule has 3 heteroatoms. The molecule has 0 bridgehead atoms. The third-order valence-electron chi connectivity index (χ3n) is 3.66. The van der Waals surface area contributed by atoms with Gasteiger partial charge >= 0.3 is 0 Å². The molecule has 0 radical (unpaired) electrons. The molecule has 2 atom stereocenters. The number of hydrogen-bond acceptors (Lipinski definition) is 3. The molecule has 1 aromatic heterocycles. The van der Waals surface area contributed by atoms with Crippen LogP contribution < -0.4 is 5.32 Å². The second-order valence-electron chi connectivity index (χ2n) is 5.34. The van der Waals surface area contributed by atoms with E-state index in [2.05, 4.69) is 29.1 Å². The maximum atomic E-state index is 4.49. The van der Waals surface area contributed by atoms with Crippen LogP contribution in [0.25, 0.3) is 0 Å². The summed E-state index contributed by atoms with van der Waals surface area (Å²) < 4.78 is 0. The van der Waals surface area contributed by atoms with E-state index in [9.17, 15) is 0 Å². The van der Waals surface area contributed by atoms with Gasteiger partial charge in [-0.05, 0) is 25.3 Å². The van der Waals surface area contributed by atoms with Crippen molar-refractivity contribution in [2.45, 2.75) is 51.5 Å². The molecule has 1 heterocycles. The molecule has 3 nitrogen and oxygen atoms in total. The van der Waals surface area contributed by atoms with E-state index in [4.69, 9.17) is 0 Å². The highest BCUT2D eigenvalue weighted by Crippen LogP contribution is 2.36. The van der Waals surface area contributed by atoms with E-state index in [1.165, 1.54) is 31.4 Å². The van der Waals surface area contributed by atoms with Gasteiger partial charge in [0.05, 0.1) is 5.69 Å². The fourth-order valence-electron chi connectivity index (χ4n) is 2.73. The average Bonchev–Trinajstić information content (AvgIpc) is 2.38. The Balaban J connectivity index is 2.02. The van der Waals surface area contributed by atoms with E-state index >= 15 is 0 Å². The van der Waals surface area contributed by atoms with Gasteiger partial charge in [0.15, 0.2) is 0 Å². The van der Waals surface area contributed by atoms with Crippen LogP contribution >= 0.6 is 0 Å². The average molecular weight is 233 g/mol. The van der Waals surface area contributed by atoms with Crippen LogP contribution in [0.5, 0.6) is 0 Å². The Hall–Kier alpha value is -0.960. The zero-order valence-electron chi connectivity index (χ0n) is 10.9.